The number of rotatable bonds is 12. The number of amides is 1. The van der Waals surface area contributed by atoms with E-state index < -0.39 is 21.4 Å². The van der Waals surface area contributed by atoms with Gasteiger partial charge in [0.25, 0.3) is 10.1 Å². The van der Waals surface area contributed by atoms with Gasteiger partial charge < -0.3 is 10.1 Å². The molecule has 0 saturated heterocycles. The van der Waals surface area contributed by atoms with Crippen LogP contribution in [-0.2, 0) is 19.7 Å². The van der Waals surface area contributed by atoms with E-state index in [0.717, 1.165) is 25.7 Å². The van der Waals surface area contributed by atoms with Crippen LogP contribution in [0.25, 0.3) is 0 Å². The zero-order valence-electron chi connectivity index (χ0n) is 15.6. The van der Waals surface area contributed by atoms with Crippen LogP contribution in [-0.4, -0.2) is 36.0 Å². The molecule has 0 aliphatic rings. The van der Waals surface area contributed by atoms with Crippen LogP contribution in [0.15, 0.2) is 0 Å². The van der Waals surface area contributed by atoms with Crippen LogP contribution in [0.3, 0.4) is 0 Å². The summed E-state index contributed by atoms with van der Waals surface area (Å²) in [5.74, 6) is -0.828. The van der Waals surface area contributed by atoms with E-state index in [1.165, 1.54) is 0 Å². The zero-order valence-corrected chi connectivity index (χ0v) is 16.4. The standard InChI is InChI=1S/C17H33NO5S/c1-6-7-8-9-15(11-14(3)19)10-13(2)16(20)18-17(4,5)12-24(21,22)23/h13,15H,6-12H2,1-5H3,(H,18,20)(H,21,22,23). The minimum absolute atomic E-state index is 0.121. The Morgan fingerprint density at radius 3 is 2.25 bits per heavy atom. The maximum absolute atomic E-state index is 12.3. The largest absolute Gasteiger partial charge is 0.350 e. The Morgan fingerprint density at radius 1 is 1.21 bits per heavy atom. The third kappa shape index (κ3) is 11.6. The average Bonchev–Trinajstić information content (AvgIpc) is 2.34. The number of carbonyl (C=O) groups is 2. The van der Waals surface area contributed by atoms with Gasteiger partial charge >= 0.3 is 0 Å². The Balaban J connectivity index is 4.69. The lowest BCUT2D eigenvalue weighted by Gasteiger charge is -2.28. The molecule has 0 aromatic carbocycles. The molecule has 2 unspecified atom stereocenters. The second-order valence-corrected chi connectivity index (χ2v) is 8.96. The summed E-state index contributed by atoms with van der Waals surface area (Å²) in [6.07, 6.45) is 5.23. The van der Waals surface area contributed by atoms with Crippen molar-refractivity contribution in [3.05, 3.63) is 0 Å². The molecule has 0 bridgehead atoms. The van der Waals surface area contributed by atoms with E-state index in [-0.39, 0.29) is 23.5 Å². The SMILES string of the molecule is CCCCCC(CC(C)=O)CC(C)C(=O)NC(C)(C)CS(=O)(=O)O. The van der Waals surface area contributed by atoms with Gasteiger partial charge in [0.2, 0.25) is 5.91 Å². The van der Waals surface area contributed by atoms with E-state index in [2.05, 4.69) is 12.2 Å². The molecule has 0 radical (unpaired) electrons. The third-order valence-electron chi connectivity index (χ3n) is 3.93. The monoisotopic (exact) mass is 363 g/mol. The van der Waals surface area contributed by atoms with Gasteiger partial charge in [-0.25, -0.2) is 0 Å². The molecule has 0 aliphatic carbocycles. The summed E-state index contributed by atoms with van der Waals surface area (Å²) in [4.78, 5) is 23.8. The fourth-order valence-corrected chi connectivity index (χ4v) is 3.93. The second kappa shape index (κ2) is 10.1. The van der Waals surface area contributed by atoms with Crippen molar-refractivity contribution in [3.8, 4) is 0 Å². The van der Waals surface area contributed by atoms with Crippen molar-refractivity contribution in [1.29, 1.82) is 0 Å². The molecule has 0 spiro atoms. The lowest BCUT2D eigenvalue weighted by Crippen LogP contribution is -2.50. The first-order valence-corrected chi connectivity index (χ1v) is 10.2. The fraction of sp³-hybridized carbons (Fsp3) is 0.882. The lowest BCUT2D eigenvalue weighted by molar-refractivity contribution is -0.127. The molecule has 142 valence electrons. The molecule has 0 aliphatic heterocycles. The topological polar surface area (TPSA) is 101 Å². The van der Waals surface area contributed by atoms with Crippen LogP contribution < -0.4 is 5.32 Å². The molecule has 0 fully saturated rings. The highest BCUT2D eigenvalue weighted by Gasteiger charge is 2.29. The normalized spacial score (nSPS) is 14.9. The van der Waals surface area contributed by atoms with Gasteiger partial charge in [-0.15, -0.1) is 0 Å². The molecule has 0 aromatic rings. The van der Waals surface area contributed by atoms with Crippen molar-refractivity contribution in [2.45, 2.75) is 78.7 Å². The Morgan fingerprint density at radius 2 is 1.79 bits per heavy atom. The molecule has 7 heteroatoms. The minimum atomic E-state index is -4.17. The second-order valence-electron chi connectivity index (χ2n) is 7.50. The first-order chi connectivity index (χ1) is 10.9. The molecule has 0 rings (SSSR count). The highest BCUT2D eigenvalue weighted by Crippen LogP contribution is 2.23. The van der Waals surface area contributed by atoms with Crippen LogP contribution >= 0.6 is 0 Å². The van der Waals surface area contributed by atoms with E-state index in [4.69, 9.17) is 4.55 Å². The van der Waals surface area contributed by atoms with Crippen LogP contribution in [0, 0.1) is 11.8 Å². The average molecular weight is 364 g/mol. The van der Waals surface area contributed by atoms with Crippen LogP contribution in [0.4, 0.5) is 0 Å². The molecular formula is C17H33NO5S. The molecule has 2 N–H and O–H groups in total. The van der Waals surface area contributed by atoms with E-state index in [1.54, 1.807) is 27.7 Å². The smallest absolute Gasteiger partial charge is 0.267 e. The quantitative estimate of drug-likeness (QED) is 0.410. The summed E-state index contributed by atoms with van der Waals surface area (Å²) in [6, 6.07) is 0. The highest BCUT2D eigenvalue weighted by molar-refractivity contribution is 7.85. The highest BCUT2D eigenvalue weighted by atomic mass is 32.2. The van der Waals surface area contributed by atoms with E-state index >= 15 is 0 Å². The van der Waals surface area contributed by atoms with Crippen LogP contribution in [0.5, 0.6) is 0 Å². The minimum Gasteiger partial charge on any atom is -0.350 e. The van der Waals surface area contributed by atoms with Gasteiger partial charge in [0.15, 0.2) is 0 Å². The van der Waals surface area contributed by atoms with Gasteiger partial charge in [0.1, 0.15) is 5.78 Å². The summed E-state index contributed by atoms with van der Waals surface area (Å²) in [7, 11) is -4.17. The fourth-order valence-electron chi connectivity index (χ4n) is 2.95. The Labute approximate surface area is 146 Å². The molecule has 0 aromatic heterocycles. The Kier molecular flexibility index (Phi) is 9.73. The van der Waals surface area contributed by atoms with Crippen molar-refractivity contribution >= 4 is 21.8 Å². The molecule has 0 saturated carbocycles. The summed E-state index contributed by atoms with van der Waals surface area (Å²) < 4.78 is 31.0. The van der Waals surface area contributed by atoms with Gasteiger partial charge in [-0.1, -0.05) is 39.5 Å². The molecule has 1 amide bonds. The zero-order chi connectivity index (χ0) is 19.0. The van der Waals surface area contributed by atoms with E-state index in [0.29, 0.717) is 12.8 Å². The molecular weight excluding hydrogens is 330 g/mol. The first-order valence-electron chi connectivity index (χ1n) is 8.63. The van der Waals surface area contributed by atoms with Crippen molar-refractivity contribution in [3.63, 3.8) is 0 Å². The Hall–Kier alpha value is -0.950. The molecule has 2 atom stereocenters. The summed E-state index contributed by atoms with van der Waals surface area (Å²) in [6.45, 7) is 8.57. The Bertz CT molecular complexity index is 513. The summed E-state index contributed by atoms with van der Waals surface area (Å²) >= 11 is 0. The van der Waals surface area contributed by atoms with Gasteiger partial charge in [0.05, 0.1) is 11.3 Å². The first kappa shape index (κ1) is 23.1. The number of ketones is 1. The molecule has 6 nitrogen and oxygen atoms in total. The predicted octanol–water partition coefficient (Wildman–Crippen LogP) is 2.97. The van der Waals surface area contributed by atoms with E-state index in [1.807, 2.05) is 0 Å². The summed E-state index contributed by atoms with van der Waals surface area (Å²) in [5.41, 5.74) is -1.04. The molecule has 24 heavy (non-hydrogen) atoms. The van der Waals surface area contributed by atoms with E-state index in [9.17, 15) is 18.0 Å². The van der Waals surface area contributed by atoms with Gasteiger partial charge in [-0.2, -0.15) is 8.42 Å². The van der Waals surface area contributed by atoms with Crippen molar-refractivity contribution in [2.24, 2.45) is 11.8 Å². The van der Waals surface area contributed by atoms with Crippen molar-refractivity contribution in [1.82, 2.24) is 5.32 Å². The predicted molar refractivity (Wildman–Crippen MR) is 95.3 cm³/mol. The molecule has 0 heterocycles. The number of Topliss-reactive ketones (excluding diaryl/α,β-unsaturated/α-hetero) is 1. The number of nitrogens with one attached hydrogen (secondary N) is 1. The number of carbonyl (C=O) groups excluding carboxylic acids is 2. The number of unbranched alkanes of at least 4 members (excludes halogenated alkanes) is 2. The number of hydrogen-bond donors (Lipinski definition) is 2. The van der Waals surface area contributed by atoms with Crippen molar-refractivity contribution in [2.75, 3.05) is 5.75 Å². The van der Waals surface area contributed by atoms with Gasteiger partial charge in [0, 0.05) is 12.3 Å². The van der Waals surface area contributed by atoms with Crippen LogP contribution in [0.1, 0.15) is 73.1 Å². The maximum Gasteiger partial charge on any atom is 0.267 e. The lowest BCUT2D eigenvalue weighted by atomic mass is 9.87. The van der Waals surface area contributed by atoms with Crippen molar-refractivity contribution < 1.29 is 22.6 Å². The third-order valence-corrected chi connectivity index (χ3v) is 5.02. The van der Waals surface area contributed by atoms with Crippen LogP contribution in [0.2, 0.25) is 0 Å². The maximum atomic E-state index is 12.3. The van der Waals surface area contributed by atoms with Gasteiger partial charge in [-0.3, -0.25) is 9.35 Å². The summed E-state index contributed by atoms with van der Waals surface area (Å²) in [5, 5.41) is 2.68. The number of hydrogen-bond acceptors (Lipinski definition) is 4. The van der Waals surface area contributed by atoms with Gasteiger partial charge in [-0.05, 0) is 33.1 Å².